The van der Waals surface area contributed by atoms with Crippen LogP contribution in [0, 0.1) is 13.8 Å². The van der Waals surface area contributed by atoms with E-state index in [1.807, 2.05) is 24.2 Å². The molecule has 2 aromatic rings. The van der Waals surface area contributed by atoms with Crippen LogP contribution in [0.5, 0.6) is 0 Å². The van der Waals surface area contributed by atoms with Crippen LogP contribution in [0.15, 0.2) is 47.6 Å². The summed E-state index contributed by atoms with van der Waals surface area (Å²) in [6.07, 6.45) is 3.87. The van der Waals surface area contributed by atoms with Crippen molar-refractivity contribution in [2.75, 3.05) is 12.3 Å². The molecule has 0 saturated heterocycles. The number of nitrogens with zero attached hydrogens (tertiary/aromatic N) is 1. The Balaban J connectivity index is 2.04. The largest absolute Gasteiger partial charge is 0.309 e. The summed E-state index contributed by atoms with van der Waals surface area (Å²) in [4.78, 5) is 5.62. The van der Waals surface area contributed by atoms with E-state index in [1.54, 1.807) is 0 Å². The lowest BCUT2D eigenvalue weighted by Crippen LogP contribution is -2.23. The second kappa shape index (κ2) is 7.46. The molecule has 3 heteroatoms. The lowest BCUT2D eigenvalue weighted by molar-refractivity contribution is 0.603. The zero-order chi connectivity index (χ0) is 14.4. The number of rotatable bonds is 6. The average Bonchev–Trinajstić information content (AvgIpc) is 2.45. The summed E-state index contributed by atoms with van der Waals surface area (Å²) in [5, 5.41) is 3.55. The van der Waals surface area contributed by atoms with Gasteiger partial charge < -0.3 is 5.32 Å². The number of hydrogen-bond acceptors (Lipinski definition) is 3. The van der Waals surface area contributed by atoms with Crippen LogP contribution in [0.3, 0.4) is 0 Å². The maximum atomic E-state index is 4.30. The minimum Gasteiger partial charge on any atom is -0.309 e. The summed E-state index contributed by atoms with van der Waals surface area (Å²) in [6.45, 7) is 7.32. The van der Waals surface area contributed by atoms with Gasteiger partial charge in [-0.15, -0.1) is 11.8 Å². The van der Waals surface area contributed by atoms with Gasteiger partial charge in [0.15, 0.2) is 0 Å². The SMILES string of the molecule is CCNC(CSc1ccc(C)cc1)c1cncc(C)c1. The molecule has 0 aliphatic heterocycles. The van der Waals surface area contributed by atoms with Crippen LogP contribution in [-0.2, 0) is 0 Å². The second-order valence-electron chi connectivity index (χ2n) is 5.03. The van der Waals surface area contributed by atoms with Gasteiger partial charge in [0.05, 0.1) is 0 Å². The first-order valence-electron chi connectivity index (χ1n) is 7.03. The van der Waals surface area contributed by atoms with Gasteiger partial charge in [0.25, 0.3) is 0 Å². The van der Waals surface area contributed by atoms with E-state index in [0.29, 0.717) is 6.04 Å². The third kappa shape index (κ3) is 4.36. The summed E-state index contributed by atoms with van der Waals surface area (Å²) < 4.78 is 0. The quantitative estimate of drug-likeness (QED) is 0.808. The van der Waals surface area contributed by atoms with Crippen molar-refractivity contribution in [2.45, 2.75) is 31.7 Å². The molecule has 0 spiro atoms. The van der Waals surface area contributed by atoms with Gasteiger partial charge in [-0.3, -0.25) is 4.98 Å². The topological polar surface area (TPSA) is 24.9 Å². The molecule has 1 aromatic carbocycles. The molecule has 0 saturated carbocycles. The predicted octanol–water partition coefficient (Wildman–Crippen LogP) is 4.14. The van der Waals surface area contributed by atoms with E-state index in [-0.39, 0.29) is 0 Å². The monoisotopic (exact) mass is 286 g/mol. The van der Waals surface area contributed by atoms with Crippen molar-refractivity contribution >= 4 is 11.8 Å². The fourth-order valence-electron chi connectivity index (χ4n) is 2.10. The van der Waals surface area contributed by atoms with Crippen LogP contribution >= 0.6 is 11.8 Å². The van der Waals surface area contributed by atoms with Crippen molar-refractivity contribution in [2.24, 2.45) is 0 Å². The Labute approximate surface area is 126 Å². The fourth-order valence-corrected chi connectivity index (χ4v) is 3.10. The molecule has 0 aliphatic carbocycles. The van der Waals surface area contributed by atoms with Gasteiger partial charge in [-0.1, -0.05) is 30.7 Å². The maximum absolute atomic E-state index is 4.30. The minimum atomic E-state index is 0.346. The first-order chi connectivity index (χ1) is 9.69. The molecule has 0 amide bonds. The first kappa shape index (κ1) is 15.1. The van der Waals surface area contributed by atoms with E-state index in [4.69, 9.17) is 0 Å². The molecule has 0 radical (unpaired) electrons. The van der Waals surface area contributed by atoms with Crippen molar-refractivity contribution < 1.29 is 0 Å². The van der Waals surface area contributed by atoms with Crippen molar-refractivity contribution in [1.82, 2.24) is 10.3 Å². The fraction of sp³-hybridized carbons (Fsp3) is 0.353. The van der Waals surface area contributed by atoms with Crippen LogP contribution in [0.1, 0.15) is 29.7 Å². The highest BCUT2D eigenvalue weighted by Gasteiger charge is 2.11. The summed E-state index contributed by atoms with van der Waals surface area (Å²) in [6, 6.07) is 11.3. The number of nitrogens with one attached hydrogen (secondary N) is 1. The van der Waals surface area contributed by atoms with Crippen LogP contribution in [0.25, 0.3) is 0 Å². The molecular formula is C17H22N2S. The molecule has 106 valence electrons. The molecule has 0 aliphatic rings. The normalized spacial score (nSPS) is 12.3. The number of aryl methyl sites for hydroxylation is 2. The predicted molar refractivity (Wildman–Crippen MR) is 87.3 cm³/mol. The molecule has 20 heavy (non-hydrogen) atoms. The smallest absolute Gasteiger partial charge is 0.0430 e. The Kier molecular flexibility index (Phi) is 5.62. The Morgan fingerprint density at radius 1 is 1.10 bits per heavy atom. The zero-order valence-corrected chi connectivity index (χ0v) is 13.2. The van der Waals surface area contributed by atoms with Crippen molar-refractivity contribution in [3.05, 3.63) is 59.4 Å². The van der Waals surface area contributed by atoms with E-state index in [1.165, 1.54) is 21.6 Å². The third-order valence-corrected chi connectivity index (χ3v) is 4.29. The Morgan fingerprint density at radius 3 is 2.50 bits per heavy atom. The highest BCUT2D eigenvalue weighted by atomic mass is 32.2. The van der Waals surface area contributed by atoms with Crippen LogP contribution < -0.4 is 5.32 Å². The lowest BCUT2D eigenvalue weighted by Gasteiger charge is -2.18. The highest BCUT2D eigenvalue weighted by molar-refractivity contribution is 7.99. The molecule has 2 nitrogen and oxygen atoms in total. The summed E-state index contributed by atoms with van der Waals surface area (Å²) in [5.74, 6) is 1.02. The summed E-state index contributed by atoms with van der Waals surface area (Å²) in [7, 11) is 0. The molecule has 0 fully saturated rings. The maximum Gasteiger partial charge on any atom is 0.0430 e. The van der Waals surface area contributed by atoms with E-state index >= 15 is 0 Å². The first-order valence-corrected chi connectivity index (χ1v) is 8.02. The number of aromatic nitrogens is 1. The Hall–Kier alpha value is -1.32. The summed E-state index contributed by atoms with van der Waals surface area (Å²) in [5.41, 5.74) is 3.79. The van der Waals surface area contributed by atoms with Gasteiger partial charge in [-0.2, -0.15) is 0 Å². The average molecular weight is 286 g/mol. The standard InChI is InChI=1S/C17H22N2S/c1-4-19-17(15-9-14(3)10-18-11-15)12-20-16-7-5-13(2)6-8-16/h5-11,17,19H,4,12H2,1-3H3. The van der Waals surface area contributed by atoms with Gasteiger partial charge in [0, 0.05) is 29.1 Å². The second-order valence-corrected chi connectivity index (χ2v) is 6.12. The van der Waals surface area contributed by atoms with Crippen molar-refractivity contribution in [1.29, 1.82) is 0 Å². The van der Waals surface area contributed by atoms with Crippen LogP contribution in [0.2, 0.25) is 0 Å². The van der Waals surface area contributed by atoms with Crippen molar-refractivity contribution in [3.8, 4) is 0 Å². The molecule has 2 rings (SSSR count). The van der Waals surface area contributed by atoms with Gasteiger partial charge in [-0.25, -0.2) is 0 Å². The number of thioether (sulfide) groups is 1. The van der Waals surface area contributed by atoms with Gasteiger partial charge in [-0.05, 0) is 43.7 Å². The Morgan fingerprint density at radius 2 is 1.85 bits per heavy atom. The van der Waals surface area contributed by atoms with E-state index in [0.717, 1.165) is 12.3 Å². The minimum absolute atomic E-state index is 0.346. The number of benzene rings is 1. The van der Waals surface area contributed by atoms with E-state index < -0.39 is 0 Å². The van der Waals surface area contributed by atoms with Crippen LogP contribution in [-0.4, -0.2) is 17.3 Å². The van der Waals surface area contributed by atoms with Crippen molar-refractivity contribution in [3.63, 3.8) is 0 Å². The van der Waals surface area contributed by atoms with Gasteiger partial charge in [0.1, 0.15) is 0 Å². The number of hydrogen-bond donors (Lipinski definition) is 1. The zero-order valence-electron chi connectivity index (χ0n) is 12.4. The lowest BCUT2D eigenvalue weighted by atomic mass is 10.1. The number of pyridine rings is 1. The Bertz CT molecular complexity index is 537. The van der Waals surface area contributed by atoms with E-state index in [2.05, 4.69) is 61.4 Å². The molecule has 1 aromatic heterocycles. The molecule has 0 bridgehead atoms. The summed E-state index contributed by atoms with van der Waals surface area (Å²) >= 11 is 1.89. The molecule has 1 heterocycles. The van der Waals surface area contributed by atoms with Gasteiger partial charge >= 0.3 is 0 Å². The van der Waals surface area contributed by atoms with E-state index in [9.17, 15) is 0 Å². The molecule has 1 unspecified atom stereocenters. The molecule has 1 atom stereocenters. The van der Waals surface area contributed by atoms with Crippen LogP contribution in [0.4, 0.5) is 0 Å². The third-order valence-electron chi connectivity index (χ3n) is 3.19. The molecule has 1 N–H and O–H groups in total. The van der Waals surface area contributed by atoms with Gasteiger partial charge in [0.2, 0.25) is 0 Å². The highest BCUT2D eigenvalue weighted by Crippen LogP contribution is 2.25. The molecular weight excluding hydrogens is 264 g/mol.